The summed E-state index contributed by atoms with van der Waals surface area (Å²) in [4.78, 5) is 9.92. The third kappa shape index (κ3) is 3.52. The maximum absolute atomic E-state index is 12.5. The number of nitro benzene ring substituents is 1. The lowest BCUT2D eigenvalue weighted by Gasteiger charge is -2.21. The van der Waals surface area contributed by atoms with Crippen LogP contribution in [0.2, 0.25) is 5.02 Å². The van der Waals surface area contributed by atoms with Gasteiger partial charge in [-0.15, -0.1) is 0 Å². The summed E-state index contributed by atoms with van der Waals surface area (Å²) in [6.45, 7) is 1.23. The number of hydrogen-bond acceptors (Lipinski definition) is 5. The van der Waals surface area contributed by atoms with Gasteiger partial charge >= 0.3 is 0 Å². The third-order valence-corrected chi connectivity index (χ3v) is 5.76. The molecule has 9 heteroatoms. The van der Waals surface area contributed by atoms with E-state index in [0.29, 0.717) is 6.54 Å². The summed E-state index contributed by atoms with van der Waals surface area (Å²) in [6, 6.07) is 3.49. The molecule has 0 radical (unpaired) electrons. The zero-order valence-electron chi connectivity index (χ0n) is 11.5. The molecule has 1 heterocycles. The standard InChI is InChI=1S/C12H16ClN3O4S/c1-15(8-9-3-2-6-14-9)21(19,20)12-5-4-10(16(17)18)7-11(12)13/h4-5,7,9,14H,2-3,6,8H2,1H3. The van der Waals surface area contributed by atoms with Crippen molar-refractivity contribution in [2.75, 3.05) is 20.1 Å². The summed E-state index contributed by atoms with van der Waals surface area (Å²) >= 11 is 5.89. The predicted octanol–water partition coefficient (Wildman–Crippen LogP) is 1.62. The van der Waals surface area contributed by atoms with Gasteiger partial charge in [-0.3, -0.25) is 10.1 Å². The van der Waals surface area contributed by atoms with Crippen molar-refractivity contribution in [2.45, 2.75) is 23.8 Å². The molecule has 1 aliphatic heterocycles. The zero-order valence-corrected chi connectivity index (χ0v) is 13.0. The number of nitrogens with one attached hydrogen (secondary N) is 1. The Morgan fingerprint density at radius 2 is 2.24 bits per heavy atom. The summed E-state index contributed by atoms with van der Waals surface area (Å²) < 4.78 is 26.2. The molecule has 0 saturated carbocycles. The molecule has 1 saturated heterocycles. The van der Waals surface area contributed by atoms with Gasteiger partial charge in [0.1, 0.15) is 4.90 Å². The van der Waals surface area contributed by atoms with Crippen molar-refractivity contribution in [3.8, 4) is 0 Å². The number of halogens is 1. The summed E-state index contributed by atoms with van der Waals surface area (Å²) in [5.41, 5.74) is -0.237. The summed E-state index contributed by atoms with van der Waals surface area (Å²) in [7, 11) is -2.28. The molecule has 0 aromatic heterocycles. The quantitative estimate of drug-likeness (QED) is 0.653. The van der Waals surface area contributed by atoms with Gasteiger partial charge in [0.05, 0.1) is 9.95 Å². The highest BCUT2D eigenvalue weighted by molar-refractivity contribution is 7.89. The van der Waals surface area contributed by atoms with Crippen molar-refractivity contribution in [2.24, 2.45) is 0 Å². The van der Waals surface area contributed by atoms with Crippen LogP contribution in [0, 0.1) is 10.1 Å². The van der Waals surface area contributed by atoms with Crippen LogP contribution in [0.1, 0.15) is 12.8 Å². The number of nitro groups is 1. The lowest BCUT2D eigenvalue weighted by atomic mass is 10.2. The fourth-order valence-corrected chi connectivity index (χ4v) is 4.03. The maximum Gasteiger partial charge on any atom is 0.271 e. The minimum atomic E-state index is -3.76. The molecule has 0 amide bonds. The fourth-order valence-electron chi connectivity index (χ4n) is 2.30. The first-order valence-corrected chi connectivity index (χ1v) is 8.28. The van der Waals surface area contributed by atoms with E-state index < -0.39 is 14.9 Å². The van der Waals surface area contributed by atoms with Crippen molar-refractivity contribution in [1.82, 2.24) is 9.62 Å². The Morgan fingerprint density at radius 3 is 2.76 bits per heavy atom. The molecular formula is C12H16ClN3O4S. The van der Waals surface area contributed by atoms with Crippen LogP contribution in [0.15, 0.2) is 23.1 Å². The smallest absolute Gasteiger partial charge is 0.271 e. The van der Waals surface area contributed by atoms with E-state index in [0.717, 1.165) is 31.5 Å². The van der Waals surface area contributed by atoms with Gasteiger partial charge < -0.3 is 5.32 Å². The van der Waals surface area contributed by atoms with E-state index in [9.17, 15) is 18.5 Å². The van der Waals surface area contributed by atoms with Crippen LogP contribution in [0.3, 0.4) is 0 Å². The van der Waals surface area contributed by atoms with Gasteiger partial charge in [0.2, 0.25) is 10.0 Å². The normalized spacial score (nSPS) is 19.1. The third-order valence-electron chi connectivity index (χ3n) is 3.45. The van der Waals surface area contributed by atoms with E-state index in [4.69, 9.17) is 11.6 Å². The molecule has 1 aromatic rings. The van der Waals surface area contributed by atoms with Crippen LogP contribution in [0.4, 0.5) is 5.69 Å². The fraction of sp³-hybridized carbons (Fsp3) is 0.500. The maximum atomic E-state index is 12.5. The molecule has 116 valence electrons. The topological polar surface area (TPSA) is 92.6 Å². The molecule has 7 nitrogen and oxygen atoms in total. The van der Waals surface area contributed by atoms with Gasteiger partial charge in [0, 0.05) is 31.8 Å². The summed E-state index contributed by atoms with van der Waals surface area (Å²) in [5, 5.41) is 13.7. The zero-order chi connectivity index (χ0) is 15.6. The summed E-state index contributed by atoms with van der Waals surface area (Å²) in [5.74, 6) is 0. The van der Waals surface area contributed by atoms with Gasteiger partial charge in [-0.1, -0.05) is 11.6 Å². The summed E-state index contributed by atoms with van der Waals surface area (Å²) in [6.07, 6.45) is 1.95. The van der Waals surface area contributed by atoms with E-state index in [2.05, 4.69) is 5.32 Å². The largest absolute Gasteiger partial charge is 0.313 e. The Balaban J connectivity index is 2.23. The predicted molar refractivity (Wildman–Crippen MR) is 78.9 cm³/mol. The van der Waals surface area contributed by atoms with Crippen molar-refractivity contribution < 1.29 is 13.3 Å². The van der Waals surface area contributed by atoms with Gasteiger partial charge in [-0.2, -0.15) is 4.31 Å². The van der Waals surface area contributed by atoms with Crippen molar-refractivity contribution in [1.29, 1.82) is 0 Å². The van der Waals surface area contributed by atoms with E-state index >= 15 is 0 Å². The molecule has 1 atom stereocenters. The molecule has 1 N–H and O–H groups in total. The number of rotatable bonds is 5. The Kier molecular flexibility index (Phi) is 4.82. The first kappa shape index (κ1) is 16.2. The molecule has 1 fully saturated rings. The first-order chi connectivity index (χ1) is 9.82. The lowest BCUT2D eigenvalue weighted by molar-refractivity contribution is -0.384. The van der Waals surface area contributed by atoms with Crippen LogP contribution >= 0.6 is 11.6 Å². The van der Waals surface area contributed by atoms with Crippen molar-refractivity contribution in [3.63, 3.8) is 0 Å². The lowest BCUT2D eigenvalue weighted by Crippen LogP contribution is -2.38. The Morgan fingerprint density at radius 1 is 1.52 bits per heavy atom. The van der Waals surface area contributed by atoms with E-state index in [1.54, 1.807) is 0 Å². The second kappa shape index (κ2) is 6.27. The minimum Gasteiger partial charge on any atom is -0.313 e. The molecule has 0 bridgehead atoms. The van der Waals surface area contributed by atoms with Crippen LogP contribution in [0.25, 0.3) is 0 Å². The molecule has 21 heavy (non-hydrogen) atoms. The number of benzene rings is 1. The van der Waals surface area contributed by atoms with Crippen LogP contribution < -0.4 is 5.32 Å². The Hall–Kier alpha value is -1.22. The Labute approximate surface area is 128 Å². The second-order valence-electron chi connectivity index (χ2n) is 4.95. The molecule has 1 aromatic carbocycles. The second-order valence-corrected chi connectivity index (χ2v) is 7.37. The average Bonchev–Trinajstić information content (AvgIpc) is 2.90. The highest BCUT2D eigenvalue weighted by Crippen LogP contribution is 2.28. The minimum absolute atomic E-state index is 0.115. The number of likely N-dealkylation sites (N-methyl/N-ethyl adjacent to an activating group) is 1. The highest BCUT2D eigenvalue weighted by Gasteiger charge is 2.28. The SMILES string of the molecule is CN(CC1CCCN1)S(=O)(=O)c1ccc([N+](=O)[O-])cc1Cl. The molecule has 0 spiro atoms. The number of non-ortho nitro benzene ring substituents is 1. The number of hydrogen-bond donors (Lipinski definition) is 1. The number of nitrogens with zero attached hydrogens (tertiary/aromatic N) is 2. The van der Waals surface area contributed by atoms with Gasteiger partial charge in [-0.25, -0.2) is 8.42 Å². The molecule has 0 aliphatic carbocycles. The first-order valence-electron chi connectivity index (χ1n) is 6.46. The van der Waals surface area contributed by atoms with E-state index in [-0.39, 0.29) is 21.6 Å². The average molecular weight is 334 g/mol. The van der Waals surface area contributed by atoms with Crippen LogP contribution in [-0.2, 0) is 10.0 Å². The van der Waals surface area contributed by atoms with Crippen LogP contribution in [0.5, 0.6) is 0 Å². The Bertz CT molecular complexity index is 644. The van der Waals surface area contributed by atoms with Crippen LogP contribution in [-0.4, -0.2) is 43.8 Å². The molecular weight excluding hydrogens is 318 g/mol. The number of sulfonamides is 1. The van der Waals surface area contributed by atoms with Gasteiger partial charge in [0.15, 0.2) is 0 Å². The monoisotopic (exact) mass is 333 g/mol. The van der Waals surface area contributed by atoms with Gasteiger partial charge in [0.25, 0.3) is 5.69 Å². The highest BCUT2D eigenvalue weighted by atomic mass is 35.5. The van der Waals surface area contributed by atoms with Gasteiger partial charge in [-0.05, 0) is 25.5 Å². The molecule has 1 aliphatic rings. The molecule has 1 unspecified atom stereocenters. The van der Waals surface area contributed by atoms with E-state index in [1.807, 2.05) is 0 Å². The van der Waals surface area contributed by atoms with E-state index in [1.165, 1.54) is 17.4 Å². The molecule has 2 rings (SSSR count). The van der Waals surface area contributed by atoms with Crippen molar-refractivity contribution in [3.05, 3.63) is 33.3 Å². The van der Waals surface area contributed by atoms with Crippen molar-refractivity contribution >= 4 is 27.3 Å².